The largest absolute Gasteiger partial charge is 0.381 e. The van der Waals surface area contributed by atoms with Gasteiger partial charge in [-0.2, -0.15) is 0 Å². The minimum Gasteiger partial charge on any atom is -0.381 e. The van der Waals surface area contributed by atoms with Crippen LogP contribution in [0.2, 0.25) is 0 Å². The van der Waals surface area contributed by atoms with Gasteiger partial charge >= 0.3 is 0 Å². The second-order valence-electron chi connectivity index (χ2n) is 6.14. The van der Waals surface area contributed by atoms with Crippen molar-refractivity contribution in [3.63, 3.8) is 0 Å². The van der Waals surface area contributed by atoms with E-state index in [-0.39, 0.29) is 24.4 Å². The van der Waals surface area contributed by atoms with E-state index in [1.165, 1.54) is 0 Å². The Bertz CT molecular complexity index is 607. The minimum atomic E-state index is -0.934. The summed E-state index contributed by atoms with van der Waals surface area (Å²) in [5, 5.41) is 5.16. The van der Waals surface area contributed by atoms with Crippen LogP contribution in [0.1, 0.15) is 29.6 Å². The van der Waals surface area contributed by atoms with Crippen molar-refractivity contribution in [1.29, 1.82) is 0 Å². The molecule has 1 atom stereocenters. The molecule has 6 nitrogen and oxygen atoms in total. The summed E-state index contributed by atoms with van der Waals surface area (Å²) in [4.78, 5) is 23.4. The zero-order valence-electron chi connectivity index (χ0n) is 14.6. The molecule has 26 heavy (non-hydrogen) atoms. The van der Waals surface area contributed by atoms with Gasteiger partial charge in [-0.05, 0) is 25.0 Å². The van der Waals surface area contributed by atoms with Gasteiger partial charge in [0.1, 0.15) is 11.6 Å². The Morgan fingerprint density at radius 3 is 2.81 bits per heavy atom. The summed E-state index contributed by atoms with van der Waals surface area (Å²) in [5.41, 5.74) is -0.253. The summed E-state index contributed by atoms with van der Waals surface area (Å²) in [5.74, 6) is -2.11. The Morgan fingerprint density at radius 1 is 1.23 bits per heavy atom. The lowest BCUT2D eigenvalue weighted by Crippen LogP contribution is -2.31. The molecule has 1 fully saturated rings. The molecule has 2 N–H and O–H groups in total. The average Bonchev–Trinajstić information content (AvgIpc) is 3.11. The van der Waals surface area contributed by atoms with Gasteiger partial charge in [-0.25, -0.2) is 8.78 Å². The average molecular weight is 370 g/mol. The predicted octanol–water partition coefficient (Wildman–Crippen LogP) is 1.64. The number of carbonyl (C=O) groups excluding carboxylic acids is 2. The van der Waals surface area contributed by atoms with E-state index in [0.29, 0.717) is 38.2 Å². The van der Waals surface area contributed by atoms with Crippen LogP contribution in [0.4, 0.5) is 8.78 Å². The first-order valence-electron chi connectivity index (χ1n) is 8.71. The Kier molecular flexibility index (Phi) is 8.43. The fraction of sp³-hybridized carbons (Fsp3) is 0.556. The molecule has 0 saturated carbocycles. The van der Waals surface area contributed by atoms with E-state index in [0.717, 1.165) is 31.8 Å². The highest BCUT2D eigenvalue weighted by atomic mass is 19.1. The topological polar surface area (TPSA) is 76.7 Å². The Hall–Kier alpha value is -2.06. The number of amides is 2. The molecular weight excluding hydrogens is 346 g/mol. The number of benzene rings is 1. The number of ether oxygens (including phenoxy) is 2. The molecule has 1 unspecified atom stereocenters. The van der Waals surface area contributed by atoms with E-state index in [9.17, 15) is 18.4 Å². The third-order valence-electron chi connectivity index (χ3n) is 3.98. The molecule has 0 spiro atoms. The molecule has 2 rings (SSSR count). The van der Waals surface area contributed by atoms with Crippen molar-refractivity contribution in [2.24, 2.45) is 5.92 Å². The van der Waals surface area contributed by atoms with Crippen molar-refractivity contribution in [2.45, 2.75) is 19.3 Å². The highest BCUT2D eigenvalue weighted by Gasteiger charge is 2.15. The van der Waals surface area contributed by atoms with Crippen LogP contribution in [0.3, 0.4) is 0 Å². The molecule has 1 aliphatic heterocycles. The maximum Gasteiger partial charge on any atom is 0.254 e. The zero-order chi connectivity index (χ0) is 18.8. The van der Waals surface area contributed by atoms with Crippen LogP contribution in [-0.4, -0.2) is 51.3 Å². The maximum absolute atomic E-state index is 13.5. The summed E-state index contributed by atoms with van der Waals surface area (Å²) in [6.45, 7) is 3.36. The van der Waals surface area contributed by atoms with Crippen molar-refractivity contribution >= 4 is 11.8 Å². The first-order chi connectivity index (χ1) is 12.6. The SMILES string of the molecule is O=C(CCNC(=O)c1ccc(F)cc1F)NCCCOCC1CCOC1. The molecule has 1 saturated heterocycles. The van der Waals surface area contributed by atoms with Crippen molar-refractivity contribution in [2.75, 3.05) is 39.5 Å². The number of nitrogens with one attached hydrogen (secondary N) is 2. The van der Waals surface area contributed by atoms with Crippen LogP contribution >= 0.6 is 0 Å². The van der Waals surface area contributed by atoms with E-state index >= 15 is 0 Å². The van der Waals surface area contributed by atoms with Crippen molar-refractivity contribution in [3.8, 4) is 0 Å². The molecule has 0 aromatic heterocycles. The summed E-state index contributed by atoms with van der Waals surface area (Å²) >= 11 is 0. The third-order valence-corrected chi connectivity index (χ3v) is 3.98. The quantitative estimate of drug-likeness (QED) is 0.614. The summed E-state index contributed by atoms with van der Waals surface area (Å²) in [6, 6.07) is 2.72. The Labute approximate surface area is 151 Å². The molecule has 1 aromatic carbocycles. The van der Waals surface area contributed by atoms with Crippen LogP contribution in [0.5, 0.6) is 0 Å². The number of halogens is 2. The maximum atomic E-state index is 13.5. The second-order valence-corrected chi connectivity index (χ2v) is 6.14. The van der Waals surface area contributed by atoms with Gasteiger partial charge in [-0.15, -0.1) is 0 Å². The fourth-order valence-electron chi connectivity index (χ4n) is 2.51. The number of rotatable bonds is 10. The highest BCUT2D eigenvalue weighted by molar-refractivity contribution is 5.94. The van der Waals surface area contributed by atoms with Crippen molar-refractivity contribution in [3.05, 3.63) is 35.4 Å². The van der Waals surface area contributed by atoms with Gasteiger partial charge in [-0.1, -0.05) is 0 Å². The molecule has 8 heteroatoms. The van der Waals surface area contributed by atoms with Gasteiger partial charge in [0, 0.05) is 44.7 Å². The number of hydrogen-bond acceptors (Lipinski definition) is 4. The number of hydrogen-bond donors (Lipinski definition) is 2. The fourth-order valence-corrected chi connectivity index (χ4v) is 2.51. The molecule has 1 heterocycles. The Balaban J connectivity index is 1.51. The van der Waals surface area contributed by atoms with Gasteiger partial charge in [0.05, 0.1) is 18.8 Å². The standard InChI is InChI=1S/C18H24F2N2O4/c19-14-2-3-15(16(20)10-14)18(24)22-7-4-17(23)21-6-1-8-25-11-13-5-9-26-12-13/h2-3,10,13H,1,4-9,11-12H2,(H,21,23)(H,22,24). The van der Waals surface area contributed by atoms with Crippen LogP contribution in [0.25, 0.3) is 0 Å². The van der Waals surface area contributed by atoms with E-state index in [2.05, 4.69) is 10.6 Å². The first kappa shape index (κ1) is 20.3. The van der Waals surface area contributed by atoms with E-state index in [1.807, 2.05) is 0 Å². The first-order valence-corrected chi connectivity index (χ1v) is 8.71. The van der Waals surface area contributed by atoms with E-state index in [1.54, 1.807) is 0 Å². The molecule has 0 bridgehead atoms. The van der Waals surface area contributed by atoms with Crippen LogP contribution < -0.4 is 10.6 Å². The monoisotopic (exact) mass is 370 g/mol. The molecule has 1 aliphatic rings. The normalized spacial score (nSPS) is 16.5. The molecule has 144 valence electrons. The lowest BCUT2D eigenvalue weighted by Gasteiger charge is -2.09. The smallest absolute Gasteiger partial charge is 0.254 e. The van der Waals surface area contributed by atoms with Crippen LogP contribution in [0.15, 0.2) is 18.2 Å². The lowest BCUT2D eigenvalue weighted by molar-refractivity contribution is -0.121. The summed E-state index contributed by atoms with van der Waals surface area (Å²) < 4.78 is 37.0. The van der Waals surface area contributed by atoms with Crippen LogP contribution in [0, 0.1) is 17.6 Å². The predicted molar refractivity (Wildman–Crippen MR) is 90.7 cm³/mol. The van der Waals surface area contributed by atoms with Crippen molar-refractivity contribution < 1.29 is 27.8 Å². The lowest BCUT2D eigenvalue weighted by atomic mass is 10.1. The number of carbonyl (C=O) groups is 2. The Morgan fingerprint density at radius 2 is 2.08 bits per heavy atom. The molecule has 1 aromatic rings. The highest BCUT2D eigenvalue weighted by Crippen LogP contribution is 2.12. The van der Waals surface area contributed by atoms with Crippen molar-refractivity contribution in [1.82, 2.24) is 10.6 Å². The minimum absolute atomic E-state index is 0.0691. The van der Waals surface area contributed by atoms with E-state index in [4.69, 9.17) is 9.47 Å². The van der Waals surface area contributed by atoms with Gasteiger partial charge in [0.15, 0.2) is 0 Å². The van der Waals surface area contributed by atoms with Gasteiger partial charge in [0.25, 0.3) is 5.91 Å². The van der Waals surface area contributed by atoms with Gasteiger partial charge < -0.3 is 20.1 Å². The van der Waals surface area contributed by atoms with Gasteiger partial charge in [-0.3, -0.25) is 9.59 Å². The summed E-state index contributed by atoms with van der Waals surface area (Å²) in [6.07, 6.45) is 1.81. The second kappa shape index (κ2) is 10.8. The molecule has 0 radical (unpaired) electrons. The van der Waals surface area contributed by atoms with Gasteiger partial charge in [0.2, 0.25) is 5.91 Å². The zero-order valence-corrected chi connectivity index (χ0v) is 14.6. The molecule has 2 amide bonds. The van der Waals surface area contributed by atoms with Crippen LogP contribution in [-0.2, 0) is 14.3 Å². The van der Waals surface area contributed by atoms with E-state index < -0.39 is 17.5 Å². The third kappa shape index (κ3) is 7.05. The molecule has 0 aliphatic carbocycles. The molecular formula is C18H24F2N2O4. The summed E-state index contributed by atoms with van der Waals surface area (Å²) in [7, 11) is 0.